The van der Waals surface area contributed by atoms with E-state index in [9.17, 15) is 19.6 Å². The fraction of sp³-hybridized carbons (Fsp3) is 0.200. The van der Waals surface area contributed by atoms with Gasteiger partial charge in [0.15, 0.2) is 5.41 Å². The SMILES string of the molecule is COC(=O)CC1=C(C(=O)OC)[C@]2(C(=O)N(Cc3ccccc3Cl)c3ccccc32)C(C#N)=C(N)O1. The molecule has 1 atom stereocenters. The number of ether oxygens (including phenoxy) is 3. The van der Waals surface area contributed by atoms with Crippen LogP contribution >= 0.6 is 11.6 Å². The van der Waals surface area contributed by atoms with Gasteiger partial charge in [-0.15, -0.1) is 0 Å². The molecule has 1 spiro atoms. The highest BCUT2D eigenvalue weighted by Crippen LogP contribution is 2.54. The lowest BCUT2D eigenvalue weighted by Crippen LogP contribution is -2.48. The number of rotatable bonds is 5. The van der Waals surface area contributed by atoms with Crippen molar-refractivity contribution in [3.8, 4) is 6.07 Å². The Balaban J connectivity index is 2.03. The van der Waals surface area contributed by atoms with E-state index in [1.165, 1.54) is 12.0 Å². The van der Waals surface area contributed by atoms with Crippen LogP contribution in [0.2, 0.25) is 5.02 Å². The van der Waals surface area contributed by atoms with Crippen molar-refractivity contribution >= 4 is 35.1 Å². The summed E-state index contributed by atoms with van der Waals surface area (Å²) in [6.07, 6.45) is -0.512. The summed E-state index contributed by atoms with van der Waals surface area (Å²) in [6, 6.07) is 15.7. The summed E-state index contributed by atoms with van der Waals surface area (Å²) in [5.41, 5.74) is 4.92. The van der Waals surface area contributed by atoms with E-state index < -0.39 is 35.6 Å². The van der Waals surface area contributed by atoms with E-state index in [1.54, 1.807) is 48.5 Å². The predicted molar refractivity (Wildman–Crippen MR) is 124 cm³/mol. The fourth-order valence-electron chi connectivity index (χ4n) is 4.48. The normalized spacial score (nSPS) is 18.8. The number of nitrogens with zero attached hydrogens (tertiary/aromatic N) is 2. The Labute approximate surface area is 205 Å². The van der Waals surface area contributed by atoms with E-state index in [1.807, 2.05) is 6.07 Å². The number of carbonyl (C=O) groups excluding carboxylic acids is 3. The Morgan fingerprint density at radius 2 is 1.83 bits per heavy atom. The highest BCUT2D eigenvalue weighted by atomic mass is 35.5. The highest BCUT2D eigenvalue weighted by molar-refractivity contribution is 6.31. The molecule has 0 fully saturated rings. The van der Waals surface area contributed by atoms with Crippen molar-refractivity contribution in [1.29, 1.82) is 5.26 Å². The lowest BCUT2D eigenvalue weighted by molar-refractivity contribution is -0.141. The second-order valence-corrected chi connectivity index (χ2v) is 8.15. The zero-order chi connectivity index (χ0) is 25.3. The van der Waals surface area contributed by atoms with Crippen LogP contribution in [0.4, 0.5) is 5.69 Å². The molecule has 4 rings (SSSR count). The van der Waals surface area contributed by atoms with Gasteiger partial charge in [-0.2, -0.15) is 5.26 Å². The number of carbonyl (C=O) groups is 3. The zero-order valence-electron chi connectivity index (χ0n) is 18.8. The lowest BCUT2D eigenvalue weighted by atomic mass is 9.68. The van der Waals surface area contributed by atoms with E-state index in [0.717, 1.165) is 7.11 Å². The molecule has 0 bridgehead atoms. The molecule has 0 saturated heterocycles. The molecule has 2 aliphatic rings. The number of halogens is 1. The molecule has 9 nitrogen and oxygen atoms in total. The van der Waals surface area contributed by atoms with Gasteiger partial charge in [-0.25, -0.2) is 4.79 Å². The van der Waals surface area contributed by atoms with Crippen molar-refractivity contribution in [1.82, 2.24) is 0 Å². The Hall–Kier alpha value is -4.29. The molecule has 0 aromatic heterocycles. The maximum absolute atomic E-state index is 14.3. The number of methoxy groups -OCH3 is 2. The van der Waals surface area contributed by atoms with Crippen molar-refractivity contribution in [2.45, 2.75) is 18.4 Å². The summed E-state index contributed by atoms with van der Waals surface area (Å²) < 4.78 is 15.3. The number of nitriles is 1. The zero-order valence-corrected chi connectivity index (χ0v) is 19.6. The molecule has 2 aliphatic heterocycles. The van der Waals surface area contributed by atoms with Crippen molar-refractivity contribution in [2.24, 2.45) is 5.73 Å². The second kappa shape index (κ2) is 9.16. The summed E-state index contributed by atoms with van der Waals surface area (Å²) in [6.45, 7) is 0.0531. The van der Waals surface area contributed by atoms with Gasteiger partial charge in [0.25, 0.3) is 0 Å². The number of fused-ring (bicyclic) bond motifs is 2. The lowest BCUT2D eigenvalue weighted by Gasteiger charge is -2.35. The molecular formula is C25H20ClN3O6. The van der Waals surface area contributed by atoms with Gasteiger partial charge in [-0.05, 0) is 17.7 Å². The number of anilines is 1. The summed E-state index contributed by atoms with van der Waals surface area (Å²) >= 11 is 6.36. The molecule has 2 aromatic carbocycles. The van der Waals surface area contributed by atoms with Gasteiger partial charge in [-0.3, -0.25) is 9.59 Å². The molecule has 2 aromatic rings. The third-order valence-corrected chi connectivity index (χ3v) is 6.36. The van der Waals surface area contributed by atoms with Crippen LogP contribution in [-0.2, 0) is 40.6 Å². The number of esters is 2. The van der Waals surface area contributed by atoms with Crippen LogP contribution in [0.15, 0.2) is 71.3 Å². The van der Waals surface area contributed by atoms with Gasteiger partial charge in [-0.1, -0.05) is 48.0 Å². The Morgan fingerprint density at radius 3 is 2.49 bits per heavy atom. The van der Waals surface area contributed by atoms with Crippen molar-refractivity contribution in [2.75, 3.05) is 19.1 Å². The number of hydrogen-bond donors (Lipinski definition) is 1. The minimum Gasteiger partial charge on any atom is -0.469 e. The molecule has 0 aliphatic carbocycles. The molecule has 178 valence electrons. The molecule has 0 unspecified atom stereocenters. The van der Waals surface area contributed by atoms with Gasteiger partial charge in [0.2, 0.25) is 11.8 Å². The van der Waals surface area contributed by atoms with Crippen LogP contribution in [0.3, 0.4) is 0 Å². The number of nitrogens with two attached hydrogens (primary N) is 1. The van der Waals surface area contributed by atoms with Crippen molar-refractivity contribution in [3.05, 3.63) is 87.5 Å². The van der Waals surface area contributed by atoms with Gasteiger partial charge in [0.1, 0.15) is 29.4 Å². The minimum absolute atomic E-state index is 0.0531. The van der Waals surface area contributed by atoms with E-state index in [-0.39, 0.29) is 23.5 Å². The number of para-hydroxylation sites is 1. The Bertz CT molecular complexity index is 1360. The Morgan fingerprint density at radius 1 is 1.14 bits per heavy atom. The number of amides is 1. The monoisotopic (exact) mass is 493 g/mol. The first kappa shape index (κ1) is 23.9. The van der Waals surface area contributed by atoms with E-state index in [2.05, 4.69) is 0 Å². The van der Waals surface area contributed by atoms with Crippen LogP contribution in [0.1, 0.15) is 17.5 Å². The largest absolute Gasteiger partial charge is 0.469 e. The van der Waals surface area contributed by atoms with Gasteiger partial charge in [0.05, 0.1) is 20.8 Å². The molecule has 1 amide bonds. The first-order valence-corrected chi connectivity index (χ1v) is 10.8. The van der Waals surface area contributed by atoms with Gasteiger partial charge in [0, 0.05) is 16.3 Å². The molecule has 2 heterocycles. The van der Waals surface area contributed by atoms with Gasteiger partial charge < -0.3 is 24.8 Å². The maximum Gasteiger partial charge on any atom is 0.339 e. The molecule has 10 heteroatoms. The summed E-state index contributed by atoms with van der Waals surface area (Å²) in [5.74, 6) is -2.96. The van der Waals surface area contributed by atoms with Crippen LogP contribution in [0.25, 0.3) is 0 Å². The molecule has 35 heavy (non-hydrogen) atoms. The van der Waals surface area contributed by atoms with Crippen molar-refractivity contribution in [3.63, 3.8) is 0 Å². The fourth-order valence-corrected chi connectivity index (χ4v) is 4.68. The predicted octanol–water partition coefficient (Wildman–Crippen LogP) is 2.84. The van der Waals surface area contributed by atoms with Gasteiger partial charge >= 0.3 is 11.9 Å². The molecule has 0 saturated carbocycles. The first-order chi connectivity index (χ1) is 16.8. The summed E-state index contributed by atoms with van der Waals surface area (Å²) in [4.78, 5) is 41.1. The summed E-state index contributed by atoms with van der Waals surface area (Å²) in [5, 5.41) is 10.6. The maximum atomic E-state index is 14.3. The summed E-state index contributed by atoms with van der Waals surface area (Å²) in [7, 11) is 2.29. The average molecular weight is 494 g/mol. The van der Waals surface area contributed by atoms with Crippen LogP contribution in [0.5, 0.6) is 0 Å². The molecule has 0 radical (unpaired) electrons. The molecular weight excluding hydrogens is 474 g/mol. The topological polar surface area (TPSA) is 132 Å². The highest BCUT2D eigenvalue weighted by Gasteiger charge is 2.62. The Kier molecular flexibility index (Phi) is 6.24. The van der Waals surface area contributed by atoms with Crippen molar-refractivity contribution < 1.29 is 28.6 Å². The second-order valence-electron chi connectivity index (χ2n) is 7.75. The standard InChI is InChI=1S/C25H20ClN3O6/c1-33-20(30)11-19-21(23(31)34-2)25(16(12-27)22(28)35-19)15-8-4-6-10-18(15)29(24(25)32)13-14-7-3-5-9-17(14)26/h3-10H,11,13,28H2,1-2H3/t25-/m1/s1. The molecule has 2 N–H and O–H groups in total. The third kappa shape index (κ3) is 3.59. The van der Waals surface area contributed by atoms with E-state index in [4.69, 9.17) is 31.5 Å². The first-order valence-electron chi connectivity index (χ1n) is 10.4. The number of hydrogen-bond acceptors (Lipinski definition) is 8. The minimum atomic E-state index is -1.99. The van der Waals surface area contributed by atoms with E-state index in [0.29, 0.717) is 21.8 Å². The van der Waals surface area contributed by atoms with Crippen LogP contribution < -0.4 is 10.6 Å². The quantitative estimate of drug-likeness (QED) is 0.629. The van der Waals surface area contributed by atoms with E-state index >= 15 is 0 Å². The van der Waals surface area contributed by atoms with Crippen LogP contribution in [-0.4, -0.2) is 32.1 Å². The average Bonchev–Trinajstić information content (AvgIpc) is 3.08. The smallest absolute Gasteiger partial charge is 0.339 e. The number of benzene rings is 2. The van der Waals surface area contributed by atoms with Crippen LogP contribution in [0, 0.1) is 11.3 Å². The third-order valence-electron chi connectivity index (χ3n) is 5.99.